The van der Waals surface area contributed by atoms with Gasteiger partial charge in [-0.2, -0.15) is 5.10 Å². The number of aromatic nitrogens is 2. The van der Waals surface area contributed by atoms with Gasteiger partial charge in [-0.25, -0.2) is 15.4 Å². The van der Waals surface area contributed by atoms with Crippen molar-refractivity contribution in [3.05, 3.63) is 99.0 Å². The summed E-state index contributed by atoms with van der Waals surface area (Å²) < 4.78 is 0.0850. The number of rotatable bonds is 6. The molecule has 8 nitrogen and oxygen atoms in total. The van der Waals surface area contributed by atoms with Gasteiger partial charge in [0, 0.05) is 27.7 Å². The number of nitro benzene ring substituents is 1. The third-order valence-corrected chi connectivity index (χ3v) is 5.09. The van der Waals surface area contributed by atoms with Gasteiger partial charge in [-0.1, -0.05) is 82.3 Å². The van der Waals surface area contributed by atoms with Crippen molar-refractivity contribution in [2.45, 2.75) is 0 Å². The SMILES string of the molecule is O=[N+]([O-])c1cc(Br)c([O-])c(/C=N\Nc2nc(-c3ccccc3)cc(-c3ccccc3)n2)c1. The normalized spacial score (nSPS) is 10.9. The highest BCUT2D eigenvalue weighted by molar-refractivity contribution is 9.10. The fourth-order valence-corrected chi connectivity index (χ4v) is 3.43. The van der Waals surface area contributed by atoms with Gasteiger partial charge in [-0.3, -0.25) is 10.1 Å². The highest BCUT2D eigenvalue weighted by Gasteiger charge is 2.10. The lowest BCUT2D eigenvalue weighted by atomic mass is 10.1. The standard InChI is InChI=1S/C23H16BrN5O3/c24-19-12-18(29(31)32)11-17(22(19)30)14-25-28-23-26-20(15-7-3-1-4-8-15)13-21(27-23)16-9-5-2-6-10-16/h1-14,30H,(H,26,27,28)/p-1/b25-14-. The average Bonchev–Trinajstić information content (AvgIpc) is 2.82. The first-order valence-electron chi connectivity index (χ1n) is 9.45. The summed E-state index contributed by atoms with van der Waals surface area (Å²) in [6.45, 7) is 0. The molecule has 0 amide bonds. The highest BCUT2D eigenvalue weighted by atomic mass is 79.9. The van der Waals surface area contributed by atoms with E-state index in [-0.39, 0.29) is 21.7 Å². The lowest BCUT2D eigenvalue weighted by molar-refractivity contribution is -0.385. The van der Waals surface area contributed by atoms with Crippen LogP contribution >= 0.6 is 15.9 Å². The van der Waals surface area contributed by atoms with E-state index in [9.17, 15) is 15.2 Å². The second-order valence-electron chi connectivity index (χ2n) is 6.67. The molecule has 4 rings (SSSR count). The molecule has 1 N–H and O–H groups in total. The molecule has 0 aliphatic heterocycles. The van der Waals surface area contributed by atoms with Gasteiger partial charge in [-0.05, 0) is 11.6 Å². The number of anilines is 1. The number of benzene rings is 3. The van der Waals surface area contributed by atoms with Gasteiger partial charge in [0.25, 0.3) is 5.69 Å². The minimum atomic E-state index is -0.576. The maximum absolute atomic E-state index is 12.2. The fourth-order valence-electron chi connectivity index (χ4n) is 2.97. The summed E-state index contributed by atoms with van der Waals surface area (Å²) in [5.74, 6) is -0.191. The second-order valence-corrected chi connectivity index (χ2v) is 7.52. The molecule has 0 saturated carbocycles. The van der Waals surface area contributed by atoms with Crippen LogP contribution in [0.3, 0.4) is 0 Å². The molecule has 1 aromatic heterocycles. The number of nitro groups is 1. The number of halogens is 1. The van der Waals surface area contributed by atoms with Crippen LogP contribution in [0, 0.1) is 10.1 Å². The Balaban J connectivity index is 1.69. The highest BCUT2D eigenvalue weighted by Crippen LogP contribution is 2.29. The van der Waals surface area contributed by atoms with Crippen molar-refractivity contribution in [3.8, 4) is 28.3 Å². The number of hydrazone groups is 1. The Morgan fingerprint density at radius 3 is 2.00 bits per heavy atom. The van der Waals surface area contributed by atoms with Crippen molar-refractivity contribution in [2.24, 2.45) is 5.10 Å². The van der Waals surface area contributed by atoms with E-state index < -0.39 is 10.7 Å². The van der Waals surface area contributed by atoms with Crippen molar-refractivity contribution < 1.29 is 10.0 Å². The van der Waals surface area contributed by atoms with Gasteiger partial charge in [-0.15, -0.1) is 0 Å². The van der Waals surface area contributed by atoms with E-state index in [1.807, 2.05) is 66.7 Å². The summed E-state index contributed by atoms with van der Waals surface area (Å²) in [4.78, 5) is 19.5. The first kappa shape index (κ1) is 21.1. The minimum absolute atomic E-state index is 0.0565. The lowest BCUT2D eigenvalue weighted by Gasteiger charge is -2.12. The van der Waals surface area contributed by atoms with Gasteiger partial charge >= 0.3 is 0 Å². The van der Waals surface area contributed by atoms with E-state index in [0.29, 0.717) is 11.4 Å². The third-order valence-electron chi connectivity index (χ3n) is 4.50. The van der Waals surface area contributed by atoms with E-state index in [0.717, 1.165) is 23.3 Å². The van der Waals surface area contributed by atoms with Gasteiger partial charge in [0.05, 0.1) is 22.5 Å². The number of hydrogen-bond donors (Lipinski definition) is 1. The molecule has 0 aliphatic carbocycles. The van der Waals surface area contributed by atoms with E-state index in [1.54, 1.807) is 0 Å². The Bertz CT molecular complexity index is 1240. The predicted molar refractivity (Wildman–Crippen MR) is 124 cm³/mol. The zero-order valence-corrected chi connectivity index (χ0v) is 18.1. The number of hydrogen-bond acceptors (Lipinski definition) is 7. The predicted octanol–water partition coefficient (Wildman–Crippen LogP) is 5.00. The van der Waals surface area contributed by atoms with Gasteiger partial charge in [0.1, 0.15) is 0 Å². The molecule has 0 fully saturated rings. The Morgan fingerprint density at radius 2 is 1.47 bits per heavy atom. The van der Waals surface area contributed by atoms with Crippen molar-refractivity contribution in [3.63, 3.8) is 0 Å². The van der Waals surface area contributed by atoms with Crippen LogP contribution in [-0.4, -0.2) is 21.1 Å². The summed E-state index contributed by atoms with van der Waals surface area (Å²) >= 11 is 3.05. The van der Waals surface area contributed by atoms with Crippen LogP contribution in [0.25, 0.3) is 22.5 Å². The number of nitrogens with zero attached hydrogens (tertiary/aromatic N) is 4. The minimum Gasteiger partial charge on any atom is -0.871 e. The molecule has 0 bridgehead atoms. The fraction of sp³-hybridized carbons (Fsp3) is 0. The molecule has 1 heterocycles. The Labute approximate surface area is 191 Å². The van der Waals surface area contributed by atoms with E-state index in [1.165, 1.54) is 6.21 Å². The van der Waals surface area contributed by atoms with Crippen LogP contribution in [0.15, 0.2) is 88.4 Å². The zero-order chi connectivity index (χ0) is 22.5. The Morgan fingerprint density at radius 1 is 0.906 bits per heavy atom. The third kappa shape index (κ3) is 4.79. The monoisotopic (exact) mass is 488 g/mol. The molecule has 3 aromatic carbocycles. The molecule has 0 aliphatic rings. The van der Waals surface area contributed by atoms with Crippen LogP contribution < -0.4 is 10.5 Å². The molecular weight excluding hydrogens is 474 g/mol. The molecule has 0 saturated heterocycles. The molecule has 32 heavy (non-hydrogen) atoms. The zero-order valence-electron chi connectivity index (χ0n) is 16.5. The molecule has 0 spiro atoms. The average molecular weight is 489 g/mol. The molecule has 0 unspecified atom stereocenters. The van der Waals surface area contributed by atoms with Gasteiger partial charge in [0.15, 0.2) is 0 Å². The molecule has 4 aromatic rings. The lowest BCUT2D eigenvalue weighted by Crippen LogP contribution is -2.03. The number of nitrogens with one attached hydrogen (secondary N) is 1. The van der Waals surface area contributed by atoms with E-state index in [2.05, 4.69) is 36.4 Å². The van der Waals surface area contributed by atoms with Crippen molar-refractivity contribution >= 4 is 33.8 Å². The van der Waals surface area contributed by atoms with Crippen molar-refractivity contribution in [1.29, 1.82) is 0 Å². The Hall–Kier alpha value is -4.11. The van der Waals surface area contributed by atoms with Crippen LogP contribution in [0.1, 0.15) is 5.56 Å². The maximum atomic E-state index is 12.2. The van der Waals surface area contributed by atoms with E-state index in [4.69, 9.17) is 0 Å². The van der Waals surface area contributed by atoms with Gasteiger partial charge < -0.3 is 5.11 Å². The first-order valence-corrected chi connectivity index (χ1v) is 10.2. The molecule has 0 radical (unpaired) electrons. The van der Waals surface area contributed by atoms with Crippen LogP contribution in [0.2, 0.25) is 0 Å². The summed E-state index contributed by atoms with van der Waals surface area (Å²) in [6, 6.07) is 23.5. The molecule has 9 heteroatoms. The van der Waals surface area contributed by atoms with Crippen molar-refractivity contribution in [2.75, 3.05) is 5.43 Å². The Kier molecular flexibility index (Phi) is 6.18. The maximum Gasteiger partial charge on any atom is 0.271 e. The van der Waals surface area contributed by atoms with E-state index >= 15 is 0 Å². The molecule has 0 atom stereocenters. The smallest absolute Gasteiger partial charge is 0.271 e. The topological polar surface area (TPSA) is 116 Å². The summed E-state index contributed by atoms with van der Waals surface area (Å²) in [6.07, 6.45) is 1.21. The van der Waals surface area contributed by atoms with Crippen molar-refractivity contribution in [1.82, 2.24) is 9.97 Å². The molecular formula is C23H15BrN5O3-. The summed E-state index contributed by atoms with van der Waals surface area (Å²) in [5.41, 5.74) is 5.77. The molecule has 158 valence electrons. The van der Waals surface area contributed by atoms with Crippen LogP contribution in [0.4, 0.5) is 11.6 Å². The number of non-ortho nitro benzene ring substituents is 1. The first-order chi connectivity index (χ1) is 15.5. The largest absolute Gasteiger partial charge is 0.871 e. The van der Waals surface area contributed by atoms with Crippen LogP contribution in [0.5, 0.6) is 5.75 Å². The summed E-state index contributed by atoms with van der Waals surface area (Å²) in [5, 5.41) is 27.3. The summed E-state index contributed by atoms with van der Waals surface area (Å²) in [7, 11) is 0. The van der Waals surface area contributed by atoms with Crippen LogP contribution in [-0.2, 0) is 0 Å². The van der Waals surface area contributed by atoms with Gasteiger partial charge in [0.2, 0.25) is 5.95 Å². The quantitative estimate of drug-likeness (QED) is 0.232. The second kappa shape index (κ2) is 9.36.